The molecule has 0 unspecified atom stereocenters. The van der Waals surface area contributed by atoms with Crippen molar-refractivity contribution in [2.75, 3.05) is 0 Å². The molecule has 1 rings (SSSR count). The summed E-state index contributed by atoms with van der Waals surface area (Å²) in [5, 5.41) is 0. The van der Waals surface area contributed by atoms with Crippen LogP contribution in [-0.4, -0.2) is 0 Å². The van der Waals surface area contributed by atoms with Gasteiger partial charge in [0.2, 0.25) is 0 Å². The van der Waals surface area contributed by atoms with Crippen molar-refractivity contribution < 1.29 is 0 Å². The number of hydrogen-bond donors (Lipinski definition) is 0. The molecule has 10 heavy (non-hydrogen) atoms. The van der Waals surface area contributed by atoms with Crippen LogP contribution in [0.4, 0.5) is 0 Å². The third kappa shape index (κ3) is 4.07. The fourth-order valence-electron chi connectivity index (χ4n) is 0.460. The molecule has 0 aliphatic carbocycles. The van der Waals surface area contributed by atoms with E-state index in [1.54, 1.807) is 0 Å². The molecule has 1 aromatic rings. The lowest BCUT2D eigenvalue weighted by Gasteiger charge is -1.87. The minimum atomic E-state index is 1.10. The second-order valence-corrected chi connectivity index (χ2v) is 3.27. The summed E-state index contributed by atoms with van der Waals surface area (Å²) in [6, 6.07) is 7.96. The quantitative estimate of drug-likeness (QED) is 0.658. The molecule has 0 radical (unpaired) electrons. The summed E-state index contributed by atoms with van der Waals surface area (Å²) >= 11 is 6.66. The van der Waals surface area contributed by atoms with Crippen LogP contribution in [0.2, 0.25) is 0 Å². The maximum absolute atomic E-state index is 3.33. The molecule has 1 aromatic carbocycles. The predicted molar refractivity (Wildman–Crippen MR) is 53.2 cm³/mol. The van der Waals surface area contributed by atoms with Crippen LogP contribution in [0.3, 0.4) is 0 Å². The molecule has 0 saturated carbocycles. The molecular formula is C8H10Br2. The van der Waals surface area contributed by atoms with Gasteiger partial charge in [-0.2, -0.15) is 0 Å². The van der Waals surface area contributed by atoms with Crippen LogP contribution in [-0.2, 0) is 0 Å². The molecule has 0 aromatic heterocycles. The third-order valence-corrected chi connectivity index (χ3v) is 1.77. The van der Waals surface area contributed by atoms with Gasteiger partial charge in [-0.25, -0.2) is 0 Å². The van der Waals surface area contributed by atoms with Crippen LogP contribution in [0, 0.1) is 0 Å². The molecule has 0 saturated heterocycles. The highest BCUT2D eigenvalue weighted by molar-refractivity contribution is 9.11. The zero-order valence-electron chi connectivity index (χ0n) is 6.07. The van der Waals surface area contributed by atoms with Crippen molar-refractivity contribution in [2.24, 2.45) is 0 Å². The van der Waals surface area contributed by atoms with Crippen LogP contribution in [0.15, 0.2) is 33.2 Å². The fourth-order valence-corrected chi connectivity index (χ4v) is 1.57. The summed E-state index contributed by atoms with van der Waals surface area (Å²) in [5.74, 6) is 0. The lowest BCUT2D eigenvalue weighted by molar-refractivity contribution is 1.50. The first-order valence-electron chi connectivity index (χ1n) is 3.20. The number of rotatable bonds is 0. The first-order chi connectivity index (χ1) is 4.79. The summed E-state index contributed by atoms with van der Waals surface area (Å²) in [7, 11) is 0. The van der Waals surface area contributed by atoms with Crippen molar-refractivity contribution in [2.45, 2.75) is 13.8 Å². The third-order valence-electron chi connectivity index (χ3n) is 0.787. The molecule has 0 aliphatic rings. The Morgan fingerprint density at radius 3 is 1.60 bits per heavy atom. The van der Waals surface area contributed by atoms with E-state index in [0.717, 1.165) is 8.95 Å². The summed E-state index contributed by atoms with van der Waals surface area (Å²) in [6.07, 6.45) is 0. The minimum Gasteiger partial charge on any atom is -0.0683 e. The molecule has 0 heterocycles. The topological polar surface area (TPSA) is 0 Å². The molecule has 56 valence electrons. The van der Waals surface area contributed by atoms with Gasteiger partial charge in [0, 0.05) is 8.95 Å². The molecule has 0 spiro atoms. The van der Waals surface area contributed by atoms with E-state index in [2.05, 4.69) is 31.9 Å². The second-order valence-electron chi connectivity index (χ2n) is 1.44. The predicted octanol–water partition coefficient (Wildman–Crippen LogP) is 4.24. The molecule has 0 N–H and O–H groups in total. The van der Waals surface area contributed by atoms with Gasteiger partial charge in [0.15, 0.2) is 0 Å². The molecule has 0 bridgehead atoms. The van der Waals surface area contributed by atoms with Crippen LogP contribution in [0.1, 0.15) is 13.8 Å². The zero-order chi connectivity index (χ0) is 7.98. The standard InChI is InChI=1S/C6H4Br2.C2H6/c7-5-2-1-3-6(8)4-5;1-2/h1-4H;1-2H3. The van der Waals surface area contributed by atoms with Gasteiger partial charge in [0.05, 0.1) is 0 Å². The van der Waals surface area contributed by atoms with Crippen molar-refractivity contribution in [3.63, 3.8) is 0 Å². The largest absolute Gasteiger partial charge is 0.0683 e. The summed E-state index contributed by atoms with van der Waals surface area (Å²) < 4.78 is 2.21. The molecule has 0 nitrogen and oxygen atoms in total. The Morgan fingerprint density at radius 1 is 1.00 bits per heavy atom. The van der Waals surface area contributed by atoms with Crippen LogP contribution in [0.5, 0.6) is 0 Å². The van der Waals surface area contributed by atoms with E-state index >= 15 is 0 Å². The highest BCUT2D eigenvalue weighted by Crippen LogP contribution is 2.15. The van der Waals surface area contributed by atoms with Crippen molar-refractivity contribution in [3.05, 3.63) is 33.2 Å². The van der Waals surface area contributed by atoms with Gasteiger partial charge in [-0.05, 0) is 18.2 Å². The fraction of sp³-hybridized carbons (Fsp3) is 0.250. The average molecular weight is 266 g/mol. The highest BCUT2D eigenvalue weighted by atomic mass is 79.9. The second kappa shape index (κ2) is 5.93. The maximum Gasteiger partial charge on any atom is 0.0186 e. The van der Waals surface area contributed by atoms with Gasteiger partial charge in [-0.1, -0.05) is 51.8 Å². The minimum absolute atomic E-state index is 1.10. The van der Waals surface area contributed by atoms with Crippen LogP contribution >= 0.6 is 31.9 Å². The lowest BCUT2D eigenvalue weighted by atomic mass is 10.4. The first-order valence-corrected chi connectivity index (χ1v) is 4.79. The van der Waals surface area contributed by atoms with Gasteiger partial charge < -0.3 is 0 Å². The molecule has 0 amide bonds. The van der Waals surface area contributed by atoms with E-state index in [9.17, 15) is 0 Å². The smallest absolute Gasteiger partial charge is 0.0186 e. The van der Waals surface area contributed by atoms with E-state index < -0.39 is 0 Å². The van der Waals surface area contributed by atoms with Crippen molar-refractivity contribution in [3.8, 4) is 0 Å². The van der Waals surface area contributed by atoms with E-state index in [1.165, 1.54) is 0 Å². The average Bonchev–Trinajstić information content (AvgIpc) is 1.91. The Kier molecular flexibility index (Phi) is 6.03. The van der Waals surface area contributed by atoms with Crippen molar-refractivity contribution >= 4 is 31.9 Å². The maximum atomic E-state index is 3.33. The molecule has 2 heteroatoms. The summed E-state index contributed by atoms with van der Waals surface area (Å²) in [5.41, 5.74) is 0. The lowest BCUT2D eigenvalue weighted by Crippen LogP contribution is -1.61. The van der Waals surface area contributed by atoms with Crippen molar-refractivity contribution in [1.29, 1.82) is 0 Å². The zero-order valence-corrected chi connectivity index (χ0v) is 9.24. The Balaban J connectivity index is 0.000000371. The Morgan fingerprint density at radius 2 is 1.40 bits per heavy atom. The van der Waals surface area contributed by atoms with Gasteiger partial charge in [-0.3, -0.25) is 0 Å². The summed E-state index contributed by atoms with van der Waals surface area (Å²) in [4.78, 5) is 0. The number of hydrogen-bond acceptors (Lipinski definition) is 0. The highest BCUT2D eigenvalue weighted by Gasteiger charge is 1.84. The Labute approximate surface area is 78.9 Å². The van der Waals surface area contributed by atoms with Crippen LogP contribution < -0.4 is 0 Å². The Hall–Kier alpha value is 0.180. The SMILES string of the molecule is Brc1cccc(Br)c1.CC. The van der Waals surface area contributed by atoms with Gasteiger partial charge in [0.1, 0.15) is 0 Å². The molecule has 0 atom stereocenters. The van der Waals surface area contributed by atoms with Crippen LogP contribution in [0.25, 0.3) is 0 Å². The molecular weight excluding hydrogens is 256 g/mol. The van der Waals surface area contributed by atoms with Gasteiger partial charge in [-0.15, -0.1) is 0 Å². The number of halogens is 2. The van der Waals surface area contributed by atoms with E-state index in [4.69, 9.17) is 0 Å². The molecule has 0 aliphatic heterocycles. The van der Waals surface area contributed by atoms with Crippen molar-refractivity contribution in [1.82, 2.24) is 0 Å². The van der Waals surface area contributed by atoms with E-state index in [0.29, 0.717) is 0 Å². The van der Waals surface area contributed by atoms with Gasteiger partial charge >= 0.3 is 0 Å². The van der Waals surface area contributed by atoms with E-state index in [1.807, 2.05) is 38.1 Å². The normalized spacial score (nSPS) is 8.00. The Bertz CT molecular complexity index is 167. The molecule has 0 fully saturated rings. The number of benzene rings is 1. The first kappa shape index (κ1) is 10.2. The summed E-state index contributed by atoms with van der Waals surface area (Å²) in [6.45, 7) is 4.00. The van der Waals surface area contributed by atoms with E-state index in [-0.39, 0.29) is 0 Å². The monoisotopic (exact) mass is 264 g/mol. The van der Waals surface area contributed by atoms with Gasteiger partial charge in [0.25, 0.3) is 0 Å².